The van der Waals surface area contributed by atoms with E-state index in [0.29, 0.717) is 0 Å². The van der Waals surface area contributed by atoms with Crippen LogP contribution >= 0.6 is 0 Å². The van der Waals surface area contributed by atoms with Gasteiger partial charge in [-0.3, -0.25) is 4.98 Å². The Bertz CT molecular complexity index is 329. The lowest BCUT2D eigenvalue weighted by molar-refractivity contribution is 1.10. The minimum Gasteiger partial charge on any atom is -0.264 e. The normalized spacial score (nSPS) is 5.86. The molecule has 29 heavy (non-hydrogen) atoms. The number of aryl methyl sites for hydroxylation is 2. The van der Waals surface area contributed by atoms with E-state index in [4.69, 9.17) is 0 Å². The van der Waals surface area contributed by atoms with Crippen LogP contribution in [0.3, 0.4) is 0 Å². The first-order valence-corrected chi connectivity index (χ1v) is 9.79. The molecule has 0 radical (unpaired) electrons. The summed E-state index contributed by atoms with van der Waals surface area (Å²) in [4.78, 5) is 3.96. The Kier molecular flexibility index (Phi) is 123. The SMILES string of the molecule is C.C.C.C.C.CC.CC.CC.CC.CCc1ccccc1.CCc1cccnc1. The van der Waals surface area contributed by atoms with Gasteiger partial charge in [-0.15, -0.1) is 0 Å². The molecule has 0 atom stereocenters. The van der Waals surface area contributed by atoms with Gasteiger partial charge in [0.05, 0.1) is 0 Å². The van der Waals surface area contributed by atoms with Crippen LogP contribution in [0.4, 0.5) is 0 Å². The third-order valence-electron chi connectivity index (χ3n) is 2.38. The number of pyridine rings is 1. The van der Waals surface area contributed by atoms with Crippen molar-refractivity contribution in [3.05, 3.63) is 66.0 Å². The van der Waals surface area contributed by atoms with E-state index < -0.39 is 0 Å². The fourth-order valence-corrected chi connectivity index (χ4v) is 1.32. The van der Waals surface area contributed by atoms with E-state index in [1.54, 1.807) is 6.20 Å². The third-order valence-corrected chi connectivity index (χ3v) is 2.38. The van der Waals surface area contributed by atoms with Gasteiger partial charge in [0, 0.05) is 12.4 Å². The van der Waals surface area contributed by atoms with Gasteiger partial charge in [0.2, 0.25) is 0 Å². The number of rotatable bonds is 2. The highest BCUT2D eigenvalue weighted by molar-refractivity contribution is 5.13. The van der Waals surface area contributed by atoms with Gasteiger partial charge in [0.1, 0.15) is 0 Å². The zero-order valence-electron chi connectivity index (χ0n) is 18.1. The number of hydrogen-bond acceptors (Lipinski definition) is 1. The summed E-state index contributed by atoms with van der Waals surface area (Å²) in [6, 6.07) is 14.5. The molecule has 1 aromatic heterocycles. The fraction of sp³-hybridized carbons (Fsp3) is 0.607. The summed E-state index contributed by atoms with van der Waals surface area (Å²) in [6.45, 7) is 20.3. The second kappa shape index (κ2) is 63.3. The van der Waals surface area contributed by atoms with E-state index in [1.807, 2.05) is 73.7 Å². The van der Waals surface area contributed by atoms with Crippen molar-refractivity contribution in [2.75, 3.05) is 0 Å². The first-order valence-electron chi connectivity index (χ1n) is 9.79. The molecule has 0 aliphatic rings. The van der Waals surface area contributed by atoms with Crippen LogP contribution in [0.1, 0.15) is 117 Å². The van der Waals surface area contributed by atoms with Crippen molar-refractivity contribution in [1.82, 2.24) is 4.98 Å². The average Bonchev–Trinajstić information content (AvgIpc) is 2.75. The van der Waals surface area contributed by atoms with Crippen LogP contribution < -0.4 is 0 Å². The largest absolute Gasteiger partial charge is 0.264 e. The van der Waals surface area contributed by atoms with E-state index in [2.05, 4.69) is 49.2 Å². The van der Waals surface area contributed by atoms with Crippen molar-refractivity contribution in [2.24, 2.45) is 0 Å². The smallest absolute Gasteiger partial charge is 0.0299 e. The van der Waals surface area contributed by atoms with Crippen LogP contribution in [0.5, 0.6) is 0 Å². The Balaban J connectivity index is -0.0000000260. The second-order valence-corrected chi connectivity index (χ2v) is 3.55. The molecule has 0 N–H and O–H groups in total. The molecule has 1 heterocycles. The van der Waals surface area contributed by atoms with Gasteiger partial charge in [-0.25, -0.2) is 0 Å². The van der Waals surface area contributed by atoms with Gasteiger partial charge in [-0.1, -0.05) is 143 Å². The molecule has 180 valence electrons. The van der Waals surface area contributed by atoms with Gasteiger partial charge in [0.25, 0.3) is 0 Å². The summed E-state index contributed by atoms with van der Waals surface area (Å²) < 4.78 is 0. The van der Waals surface area contributed by atoms with Crippen LogP contribution in [-0.4, -0.2) is 4.98 Å². The van der Waals surface area contributed by atoms with Crippen molar-refractivity contribution in [3.63, 3.8) is 0 Å². The minimum absolute atomic E-state index is 0. The van der Waals surface area contributed by atoms with Crippen molar-refractivity contribution >= 4 is 0 Å². The van der Waals surface area contributed by atoms with Crippen molar-refractivity contribution < 1.29 is 0 Å². The predicted molar refractivity (Wildman–Crippen MR) is 148 cm³/mol. The summed E-state index contributed by atoms with van der Waals surface area (Å²) in [5, 5.41) is 0. The summed E-state index contributed by atoms with van der Waals surface area (Å²) in [5.74, 6) is 0. The highest BCUT2D eigenvalue weighted by atomic mass is 14.6. The molecular weight excluding hydrogens is 350 g/mol. The molecule has 0 fully saturated rings. The maximum absolute atomic E-state index is 3.96. The van der Waals surface area contributed by atoms with E-state index in [0.717, 1.165) is 12.8 Å². The highest BCUT2D eigenvalue weighted by Crippen LogP contribution is 1.96. The molecule has 2 aromatic rings. The molecular formula is C28H63N. The quantitative estimate of drug-likeness (QED) is 0.477. The van der Waals surface area contributed by atoms with Gasteiger partial charge < -0.3 is 0 Å². The van der Waals surface area contributed by atoms with Crippen LogP contribution in [0.15, 0.2) is 54.9 Å². The molecule has 1 aromatic carbocycles. The number of hydrogen-bond donors (Lipinski definition) is 0. The molecule has 0 aliphatic heterocycles. The van der Waals surface area contributed by atoms with Crippen LogP contribution in [0.2, 0.25) is 0 Å². The first-order chi connectivity index (χ1) is 11.9. The van der Waals surface area contributed by atoms with Crippen molar-refractivity contribution in [3.8, 4) is 0 Å². The standard InChI is InChI=1S/C8H10.C7H9N.4C2H6.5CH4/c1-2-8-6-4-3-5-7-8;1-2-7-4-3-5-8-6-7;4*1-2;;;;;/h3-7H,2H2,1H3;3-6H,2H2,1H3;4*1-2H3;5*1H4. The molecule has 0 spiro atoms. The number of nitrogens with zero attached hydrogens (tertiary/aromatic N) is 1. The highest BCUT2D eigenvalue weighted by Gasteiger charge is 1.81. The van der Waals surface area contributed by atoms with Gasteiger partial charge in [-0.2, -0.15) is 0 Å². The number of benzene rings is 1. The Hall–Kier alpha value is -1.63. The number of aromatic nitrogens is 1. The monoisotopic (exact) mass is 413 g/mol. The van der Waals surface area contributed by atoms with Crippen LogP contribution in [-0.2, 0) is 12.8 Å². The molecule has 0 aliphatic carbocycles. The fourth-order valence-electron chi connectivity index (χ4n) is 1.32. The molecule has 0 unspecified atom stereocenters. The molecule has 0 saturated carbocycles. The summed E-state index contributed by atoms with van der Waals surface area (Å²) in [6.07, 6.45) is 5.90. The maximum atomic E-state index is 3.96. The predicted octanol–water partition coefficient (Wildman–Crippen LogP) is 11.2. The third kappa shape index (κ3) is 46.4. The first kappa shape index (κ1) is 56.4. The maximum Gasteiger partial charge on any atom is 0.0299 e. The second-order valence-electron chi connectivity index (χ2n) is 3.55. The summed E-state index contributed by atoms with van der Waals surface area (Å²) in [7, 11) is 0. The average molecular weight is 414 g/mol. The van der Waals surface area contributed by atoms with Gasteiger partial charge >= 0.3 is 0 Å². The van der Waals surface area contributed by atoms with Crippen molar-refractivity contribution in [2.45, 2.75) is 119 Å². The molecule has 0 bridgehead atoms. The van der Waals surface area contributed by atoms with E-state index in [-0.39, 0.29) is 37.1 Å². The Morgan fingerprint density at radius 1 is 0.517 bits per heavy atom. The van der Waals surface area contributed by atoms with Crippen LogP contribution in [0, 0.1) is 0 Å². The lowest BCUT2D eigenvalue weighted by Gasteiger charge is -1.89. The lowest BCUT2D eigenvalue weighted by Crippen LogP contribution is -1.77. The molecule has 0 saturated heterocycles. The Labute approximate surface area is 190 Å². The topological polar surface area (TPSA) is 12.9 Å². The zero-order valence-corrected chi connectivity index (χ0v) is 18.1. The molecule has 0 amide bonds. The molecule has 1 heteroatoms. The molecule has 2 rings (SSSR count). The lowest BCUT2D eigenvalue weighted by atomic mass is 10.2. The van der Waals surface area contributed by atoms with Crippen LogP contribution in [0.25, 0.3) is 0 Å². The van der Waals surface area contributed by atoms with E-state index in [9.17, 15) is 0 Å². The minimum atomic E-state index is 0. The zero-order chi connectivity index (χ0) is 19.6. The summed E-state index contributed by atoms with van der Waals surface area (Å²) in [5.41, 5.74) is 2.71. The van der Waals surface area contributed by atoms with E-state index >= 15 is 0 Å². The Morgan fingerprint density at radius 2 is 0.862 bits per heavy atom. The van der Waals surface area contributed by atoms with E-state index in [1.165, 1.54) is 11.1 Å². The summed E-state index contributed by atoms with van der Waals surface area (Å²) >= 11 is 0. The Morgan fingerprint density at radius 3 is 1.07 bits per heavy atom. The van der Waals surface area contributed by atoms with Gasteiger partial charge in [-0.05, 0) is 30.0 Å². The molecule has 1 nitrogen and oxygen atoms in total. The van der Waals surface area contributed by atoms with Gasteiger partial charge in [0.15, 0.2) is 0 Å². The van der Waals surface area contributed by atoms with Crippen molar-refractivity contribution in [1.29, 1.82) is 0 Å².